The Morgan fingerprint density at radius 2 is 1.89 bits per heavy atom. The highest BCUT2D eigenvalue weighted by Gasteiger charge is 2.32. The van der Waals surface area contributed by atoms with Gasteiger partial charge in [0, 0.05) is 17.9 Å². The standard InChI is InChI=1S/C27H25N3O6S/c1-27(2)10-11-29(17-5-7-18(36-3)8-6-17)21-9-4-16(12-20(21)27)13-22-24(33)30(15-23(31)32)25(37-22)19(14-28)26(34)35/h4-9,12-13H,10-11,15H2,1-3H3,(H,31,32)(H,34,35)/b22-13+,25-19+. The van der Waals surface area contributed by atoms with Crippen LogP contribution in [0.1, 0.15) is 31.4 Å². The summed E-state index contributed by atoms with van der Waals surface area (Å²) in [7, 11) is 1.62. The first kappa shape index (κ1) is 25.7. The maximum atomic E-state index is 13.0. The number of ether oxygens (including phenoxy) is 1. The predicted molar refractivity (Wildman–Crippen MR) is 140 cm³/mol. The van der Waals surface area contributed by atoms with Gasteiger partial charge in [0.25, 0.3) is 5.56 Å². The number of carboxylic acid groups (broad SMARTS) is 2. The third-order valence-electron chi connectivity index (χ3n) is 6.42. The zero-order chi connectivity index (χ0) is 26.9. The van der Waals surface area contributed by atoms with Crippen LogP contribution in [0.4, 0.5) is 11.4 Å². The highest BCUT2D eigenvalue weighted by atomic mass is 32.1. The molecular formula is C27H25N3O6S. The van der Waals surface area contributed by atoms with Crippen molar-refractivity contribution in [1.29, 1.82) is 5.26 Å². The molecule has 37 heavy (non-hydrogen) atoms. The van der Waals surface area contributed by atoms with Crippen molar-refractivity contribution in [1.82, 2.24) is 4.57 Å². The molecule has 1 aromatic heterocycles. The van der Waals surface area contributed by atoms with Crippen molar-refractivity contribution in [2.45, 2.75) is 32.2 Å². The number of methoxy groups -OCH3 is 1. The van der Waals surface area contributed by atoms with Gasteiger partial charge in [-0.3, -0.25) is 14.2 Å². The van der Waals surface area contributed by atoms with Crippen LogP contribution in [0.15, 0.2) is 47.3 Å². The van der Waals surface area contributed by atoms with Crippen LogP contribution >= 0.6 is 11.3 Å². The second-order valence-corrected chi connectivity index (χ2v) is 10.3. The average molecular weight is 520 g/mol. The Morgan fingerprint density at radius 1 is 1.19 bits per heavy atom. The molecule has 0 saturated heterocycles. The number of carboxylic acids is 2. The Balaban J connectivity index is 1.87. The van der Waals surface area contributed by atoms with Crippen LogP contribution in [0.3, 0.4) is 0 Å². The number of nitrogens with zero attached hydrogens (tertiary/aromatic N) is 3. The molecule has 1 aliphatic rings. The van der Waals surface area contributed by atoms with E-state index in [1.807, 2.05) is 42.5 Å². The van der Waals surface area contributed by atoms with Gasteiger partial charge in [-0.15, -0.1) is 11.3 Å². The summed E-state index contributed by atoms with van der Waals surface area (Å²) in [6.45, 7) is 4.40. The Kier molecular flexibility index (Phi) is 6.92. The number of hydrogen-bond acceptors (Lipinski definition) is 7. The van der Waals surface area contributed by atoms with E-state index in [4.69, 9.17) is 4.74 Å². The van der Waals surface area contributed by atoms with Crippen molar-refractivity contribution in [2.75, 3.05) is 18.6 Å². The molecule has 190 valence electrons. The fourth-order valence-electron chi connectivity index (χ4n) is 4.42. The fourth-order valence-corrected chi connectivity index (χ4v) is 5.51. The molecule has 0 unspecified atom stereocenters. The third-order valence-corrected chi connectivity index (χ3v) is 7.55. The van der Waals surface area contributed by atoms with Gasteiger partial charge in [0.15, 0.2) is 5.57 Å². The lowest BCUT2D eigenvalue weighted by molar-refractivity contribution is -0.138. The van der Waals surface area contributed by atoms with Crippen LogP contribution in [-0.4, -0.2) is 40.4 Å². The Hall–Kier alpha value is -4.36. The molecule has 9 nitrogen and oxygen atoms in total. The van der Waals surface area contributed by atoms with Gasteiger partial charge < -0.3 is 19.8 Å². The van der Waals surface area contributed by atoms with Gasteiger partial charge in [0.2, 0.25) is 0 Å². The quantitative estimate of drug-likeness (QED) is 0.507. The average Bonchev–Trinajstić information content (AvgIpc) is 3.14. The molecule has 0 aliphatic carbocycles. The molecule has 0 amide bonds. The molecule has 0 fully saturated rings. The molecule has 4 rings (SSSR count). The molecule has 2 aromatic carbocycles. The van der Waals surface area contributed by atoms with E-state index in [0.29, 0.717) is 5.56 Å². The van der Waals surface area contributed by atoms with Gasteiger partial charge in [-0.05, 0) is 65.4 Å². The van der Waals surface area contributed by atoms with E-state index in [0.717, 1.165) is 51.6 Å². The van der Waals surface area contributed by atoms with E-state index < -0.39 is 29.6 Å². The number of fused-ring (bicyclic) bond motifs is 1. The molecule has 0 bridgehead atoms. The number of carbonyl (C=O) groups is 2. The minimum absolute atomic E-state index is 0.142. The van der Waals surface area contributed by atoms with Crippen molar-refractivity contribution in [3.63, 3.8) is 0 Å². The van der Waals surface area contributed by atoms with Crippen LogP contribution in [0.25, 0.3) is 11.6 Å². The van der Waals surface area contributed by atoms with Gasteiger partial charge in [0.05, 0.1) is 11.6 Å². The van der Waals surface area contributed by atoms with Gasteiger partial charge in [-0.25, -0.2) is 4.79 Å². The van der Waals surface area contributed by atoms with E-state index >= 15 is 0 Å². The van der Waals surface area contributed by atoms with Crippen molar-refractivity contribution in [3.8, 4) is 11.8 Å². The lowest BCUT2D eigenvalue weighted by Gasteiger charge is -2.40. The van der Waals surface area contributed by atoms with E-state index in [2.05, 4.69) is 18.7 Å². The third kappa shape index (κ3) is 4.99. The number of aliphatic carboxylic acids is 2. The molecule has 10 heteroatoms. The van der Waals surface area contributed by atoms with Gasteiger partial charge >= 0.3 is 11.9 Å². The fraction of sp³-hybridized carbons (Fsp3) is 0.259. The number of nitriles is 1. The molecular weight excluding hydrogens is 494 g/mol. The molecule has 1 aliphatic heterocycles. The SMILES string of the molecule is COc1ccc(N2CCC(C)(C)c3cc(/C=c4/s/c(=C(\C#N)C(=O)O)n(CC(=O)O)c4=O)ccc32)cc1. The maximum absolute atomic E-state index is 13.0. The van der Waals surface area contributed by atoms with E-state index in [9.17, 15) is 29.9 Å². The Bertz CT molecular complexity index is 1610. The molecule has 0 saturated carbocycles. The van der Waals surface area contributed by atoms with Crippen molar-refractivity contribution >= 4 is 46.3 Å². The van der Waals surface area contributed by atoms with Gasteiger partial charge in [-0.1, -0.05) is 19.9 Å². The lowest BCUT2D eigenvalue weighted by Crippen LogP contribution is -2.35. The first-order valence-electron chi connectivity index (χ1n) is 11.4. The zero-order valence-electron chi connectivity index (χ0n) is 20.5. The molecule has 0 spiro atoms. The molecule has 0 radical (unpaired) electrons. The van der Waals surface area contributed by atoms with Crippen LogP contribution in [-0.2, 0) is 21.5 Å². The van der Waals surface area contributed by atoms with Gasteiger partial charge in [-0.2, -0.15) is 5.26 Å². The first-order chi connectivity index (χ1) is 17.6. The maximum Gasteiger partial charge on any atom is 0.349 e. The second-order valence-electron chi connectivity index (χ2n) is 9.25. The summed E-state index contributed by atoms with van der Waals surface area (Å²) in [6, 6.07) is 15.2. The number of anilines is 2. The highest BCUT2D eigenvalue weighted by Crippen LogP contribution is 2.43. The summed E-state index contributed by atoms with van der Waals surface area (Å²) in [4.78, 5) is 38.1. The van der Waals surface area contributed by atoms with E-state index in [1.165, 1.54) is 0 Å². The van der Waals surface area contributed by atoms with Crippen molar-refractivity contribution < 1.29 is 24.5 Å². The number of aromatic nitrogens is 1. The summed E-state index contributed by atoms with van der Waals surface area (Å²) in [5.41, 5.74) is 2.39. The van der Waals surface area contributed by atoms with E-state index in [1.54, 1.807) is 19.3 Å². The topological polar surface area (TPSA) is 133 Å². The Labute approximate surface area is 216 Å². The minimum atomic E-state index is -1.52. The molecule has 3 aromatic rings. The normalized spacial score (nSPS) is 15.5. The number of benzene rings is 2. The summed E-state index contributed by atoms with van der Waals surface area (Å²) in [6.07, 6.45) is 2.50. The lowest BCUT2D eigenvalue weighted by atomic mass is 9.77. The Morgan fingerprint density at radius 3 is 2.49 bits per heavy atom. The summed E-state index contributed by atoms with van der Waals surface area (Å²) in [5.74, 6) is -2.07. The minimum Gasteiger partial charge on any atom is -0.497 e. The summed E-state index contributed by atoms with van der Waals surface area (Å²) in [5, 5.41) is 27.9. The summed E-state index contributed by atoms with van der Waals surface area (Å²) < 4.78 is 6.04. The molecule has 0 atom stereocenters. The van der Waals surface area contributed by atoms with Crippen molar-refractivity contribution in [3.05, 3.63) is 73.1 Å². The molecule has 2 N–H and O–H groups in total. The number of thiazole rings is 1. The monoisotopic (exact) mass is 519 g/mol. The first-order valence-corrected chi connectivity index (χ1v) is 12.2. The number of rotatable bonds is 6. The number of hydrogen-bond donors (Lipinski definition) is 2. The van der Waals surface area contributed by atoms with Crippen LogP contribution < -0.4 is 24.4 Å². The summed E-state index contributed by atoms with van der Waals surface area (Å²) >= 11 is 0.791. The smallest absolute Gasteiger partial charge is 0.349 e. The van der Waals surface area contributed by atoms with Crippen molar-refractivity contribution in [2.24, 2.45) is 0 Å². The largest absolute Gasteiger partial charge is 0.497 e. The predicted octanol–water partition coefficient (Wildman–Crippen LogP) is 2.41. The zero-order valence-corrected chi connectivity index (χ0v) is 21.3. The second kappa shape index (κ2) is 9.95. The molecule has 2 heterocycles. The van der Waals surface area contributed by atoms with Crippen LogP contribution in [0, 0.1) is 11.3 Å². The van der Waals surface area contributed by atoms with E-state index in [-0.39, 0.29) is 14.6 Å². The van der Waals surface area contributed by atoms with Crippen LogP contribution in [0.2, 0.25) is 0 Å². The highest BCUT2D eigenvalue weighted by molar-refractivity contribution is 7.07. The van der Waals surface area contributed by atoms with Crippen LogP contribution in [0.5, 0.6) is 5.75 Å². The van der Waals surface area contributed by atoms with Gasteiger partial charge in [0.1, 0.15) is 23.0 Å².